The number of nitrogens with zero attached hydrogens (tertiary/aromatic N) is 2. The summed E-state index contributed by atoms with van der Waals surface area (Å²) in [7, 11) is 1.26. The summed E-state index contributed by atoms with van der Waals surface area (Å²) in [6.45, 7) is 1.80. The number of methoxy groups -OCH3 is 1. The Balaban J connectivity index is 2.39. The molecule has 2 amide bonds. The fraction of sp³-hybridized carbons (Fsp3) is 0.556. The van der Waals surface area contributed by atoms with Crippen LogP contribution in [0.25, 0.3) is 0 Å². The van der Waals surface area contributed by atoms with E-state index in [2.05, 4.69) is 25.6 Å². The Hall–Kier alpha value is -1.74. The second-order valence-electron chi connectivity index (χ2n) is 3.25. The van der Waals surface area contributed by atoms with E-state index in [1.807, 2.05) is 6.92 Å². The van der Waals surface area contributed by atoms with Crippen molar-refractivity contribution in [2.45, 2.75) is 19.4 Å². The fourth-order valence-electron chi connectivity index (χ4n) is 1.05. The number of carboxylic acid groups (broad SMARTS) is 1. The van der Waals surface area contributed by atoms with Gasteiger partial charge in [-0.25, -0.2) is 9.59 Å². The molecule has 9 heteroatoms. The quantitative estimate of drug-likeness (QED) is 0.688. The first-order valence-corrected chi connectivity index (χ1v) is 6.01. The van der Waals surface area contributed by atoms with Gasteiger partial charge in [0.2, 0.25) is 5.13 Å². The molecule has 0 aromatic carbocycles. The minimum absolute atomic E-state index is 0.128. The lowest BCUT2D eigenvalue weighted by atomic mass is 10.3. The van der Waals surface area contributed by atoms with Crippen LogP contribution in [0, 0.1) is 0 Å². The highest BCUT2D eigenvalue weighted by molar-refractivity contribution is 7.15. The number of aliphatic carboxylic acids is 1. The average Bonchev–Trinajstić information content (AvgIpc) is 2.77. The van der Waals surface area contributed by atoms with Crippen LogP contribution >= 0.6 is 11.3 Å². The van der Waals surface area contributed by atoms with Gasteiger partial charge < -0.3 is 15.2 Å². The van der Waals surface area contributed by atoms with Gasteiger partial charge in [-0.15, -0.1) is 10.2 Å². The van der Waals surface area contributed by atoms with Crippen LogP contribution in [0.4, 0.5) is 9.93 Å². The molecule has 0 fully saturated rings. The van der Waals surface area contributed by atoms with Crippen molar-refractivity contribution in [3.8, 4) is 0 Å². The molecule has 0 aliphatic rings. The Morgan fingerprint density at radius 1 is 1.50 bits per heavy atom. The molecule has 1 heterocycles. The first kappa shape index (κ1) is 14.3. The zero-order valence-electron chi connectivity index (χ0n) is 9.97. The van der Waals surface area contributed by atoms with Gasteiger partial charge in [-0.1, -0.05) is 18.3 Å². The van der Waals surface area contributed by atoms with E-state index in [4.69, 9.17) is 5.11 Å². The van der Waals surface area contributed by atoms with Crippen molar-refractivity contribution in [1.29, 1.82) is 0 Å². The lowest BCUT2D eigenvalue weighted by Gasteiger charge is -2.11. The van der Waals surface area contributed by atoms with E-state index in [-0.39, 0.29) is 6.54 Å². The number of amides is 2. The van der Waals surface area contributed by atoms with Crippen LogP contribution in [0.3, 0.4) is 0 Å². The van der Waals surface area contributed by atoms with Crippen LogP contribution in [0.5, 0.6) is 0 Å². The average molecular weight is 274 g/mol. The molecule has 1 aromatic rings. The molecule has 8 nitrogen and oxygen atoms in total. The van der Waals surface area contributed by atoms with E-state index >= 15 is 0 Å². The number of carbonyl (C=O) groups excluding carboxylic acids is 1. The maximum atomic E-state index is 11.4. The van der Waals surface area contributed by atoms with Crippen LogP contribution < -0.4 is 10.6 Å². The number of urea groups is 1. The van der Waals surface area contributed by atoms with Crippen molar-refractivity contribution in [3.05, 3.63) is 5.01 Å². The first-order valence-electron chi connectivity index (χ1n) is 5.19. The third-order valence-electron chi connectivity index (χ3n) is 2.00. The van der Waals surface area contributed by atoms with Crippen LogP contribution in [0.2, 0.25) is 0 Å². The Kier molecular flexibility index (Phi) is 5.46. The van der Waals surface area contributed by atoms with E-state index < -0.39 is 18.1 Å². The molecule has 0 saturated carbocycles. The van der Waals surface area contributed by atoms with Crippen LogP contribution in [0.15, 0.2) is 0 Å². The van der Waals surface area contributed by atoms with Gasteiger partial charge in [-0.2, -0.15) is 0 Å². The molecule has 0 aliphatic carbocycles. The van der Waals surface area contributed by atoms with Gasteiger partial charge in [0.05, 0.1) is 6.54 Å². The standard InChI is InChI=1S/C9H14N4O4S/c1-3-6-12-13-9(18-6)11-8(16)10-4-5(17-2)7(14)15/h5H,3-4H2,1-2H3,(H,14,15)(H2,10,11,13,16). The predicted molar refractivity (Wildman–Crippen MR) is 64.7 cm³/mol. The summed E-state index contributed by atoms with van der Waals surface area (Å²) < 4.78 is 4.67. The third-order valence-corrected chi connectivity index (χ3v) is 2.98. The van der Waals surface area contributed by atoms with Gasteiger partial charge in [-0.05, 0) is 6.42 Å². The van der Waals surface area contributed by atoms with E-state index in [1.165, 1.54) is 18.4 Å². The Morgan fingerprint density at radius 3 is 2.72 bits per heavy atom. The van der Waals surface area contributed by atoms with Crippen molar-refractivity contribution in [3.63, 3.8) is 0 Å². The van der Waals surface area contributed by atoms with Crippen molar-refractivity contribution in [2.75, 3.05) is 19.0 Å². The SMILES string of the molecule is CCc1nnc(NC(=O)NCC(OC)C(=O)O)s1. The van der Waals surface area contributed by atoms with Gasteiger partial charge in [-0.3, -0.25) is 5.32 Å². The third kappa shape index (κ3) is 4.26. The number of carbonyl (C=O) groups is 2. The van der Waals surface area contributed by atoms with E-state index in [0.717, 1.165) is 11.4 Å². The number of carboxylic acids is 1. The normalized spacial score (nSPS) is 11.9. The predicted octanol–water partition coefficient (Wildman–Crippen LogP) is 0.322. The Morgan fingerprint density at radius 2 is 2.22 bits per heavy atom. The highest BCUT2D eigenvalue weighted by Gasteiger charge is 2.17. The summed E-state index contributed by atoms with van der Waals surface area (Å²) in [6.07, 6.45) is -0.331. The summed E-state index contributed by atoms with van der Waals surface area (Å²) in [5.41, 5.74) is 0. The number of aryl methyl sites for hydroxylation is 1. The number of anilines is 1. The summed E-state index contributed by atoms with van der Waals surface area (Å²) in [5.74, 6) is -1.14. The van der Waals surface area contributed by atoms with Gasteiger partial charge in [0.25, 0.3) is 0 Å². The number of rotatable bonds is 6. The molecule has 0 spiro atoms. The van der Waals surface area contributed by atoms with Gasteiger partial charge in [0.1, 0.15) is 5.01 Å². The van der Waals surface area contributed by atoms with Crippen LogP contribution in [-0.2, 0) is 16.0 Å². The molecule has 0 aliphatic heterocycles. The molecule has 1 unspecified atom stereocenters. The largest absolute Gasteiger partial charge is 0.479 e. The second-order valence-corrected chi connectivity index (χ2v) is 4.31. The molecular weight excluding hydrogens is 260 g/mol. The number of aromatic nitrogens is 2. The van der Waals surface area contributed by atoms with Crippen molar-refractivity contribution in [2.24, 2.45) is 0 Å². The van der Waals surface area contributed by atoms with Crippen molar-refractivity contribution >= 4 is 28.5 Å². The van der Waals surface area contributed by atoms with Crippen molar-refractivity contribution in [1.82, 2.24) is 15.5 Å². The van der Waals surface area contributed by atoms with Crippen LogP contribution in [-0.4, -0.2) is 47.1 Å². The minimum Gasteiger partial charge on any atom is -0.479 e. The zero-order valence-corrected chi connectivity index (χ0v) is 10.8. The van der Waals surface area contributed by atoms with Crippen molar-refractivity contribution < 1.29 is 19.4 Å². The molecule has 0 saturated heterocycles. The molecule has 1 aromatic heterocycles. The van der Waals surface area contributed by atoms with Crippen LogP contribution in [0.1, 0.15) is 11.9 Å². The highest BCUT2D eigenvalue weighted by Crippen LogP contribution is 2.14. The molecule has 0 bridgehead atoms. The summed E-state index contributed by atoms with van der Waals surface area (Å²) in [6, 6.07) is -0.544. The molecule has 100 valence electrons. The summed E-state index contributed by atoms with van der Waals surface area (Å²) in [4.78, 5) is 22.0. The van der Waals surface area contributed by atoms with E-state index in [0.29, 0.717) is 5.13 Å². The number of hydrogen-bond acceptors (Lipinski definition) is 6. The van der Waals surface area contributed by atoms with E-state index in [1.54, 1.807) is 0 Å². The highest BCUT2D eigenvalue weighted by atomic mass is 32.1. The van der Waals surface area contributed by atoms with E-state index in [9.17, 15) is 9.59 Å². The number of nitrogens with one attached hydrogen (secondary N) is 2. The second kappa shape index (κ2) is 6.87. The monoisotopic (exact) mass is 274 g/mol. The van der Waals surface area contributed by atoms with Gasteiger partial charge in [0.15, 0.2) is 6.10 Å². The fourth-order valence-corrected chi connectivity index (χ4v) is 1.72. The molecular formula is C9H14N4O4S. The first-order chi connectivity index (χ1) is 8.56. The number of ether oxygens (including phenoxy) is 1. The smallest absolute Gasteiger partial charge is 0.334 e. The summed E-state index contributed by atoms with van der Waals surface area (Å²) >= 11 is 1.27. The molecule has 1 atom stereocenters. The maximum Gasteiger partial charge on any atom is 0.334 e. The maximum absolute atomic E-state index is 11.4. The Labute approximate surface area is 107 Å². The molecule has 3 N–H and O–H groups in total. The lowest BCUT2D eigenvalue weighted by molar-refractivity contribution is -0.147. The molecule has 0 radical (unpaired) electrons. The zero-order chi connectivity index (χ0) is 13.5. The minimum atomic E-state index is -1.14. The Bertz CT molecular complexity index is 422. The number of hydrogen-bond donors (Lipinski definition) is 3. The van der Waals surface area contributed by atoms with Gasteiger partial charge >= 0.3 is 12.0 Å². The lowest BCUT2D eigenvalue weighted by Crippen LogP contribution is -2.39. The summed E-state index contributed by atoms with van der Waals surface area (Å²) in [5, 5.41) is 22.3. The van der Waals surface area contributed by atoms with Gasteiger partial charge in [0, 0.05) is 7.11 Å². The molecule has 1 rings (SSSR count). The molecule has 18 heavy (non-hydrogen) atoms. The topological polar surface area (TPSA) is 113 Å².